The van der Waals surface area contributed by atoms with E-state index in [1.54, 1.807) is 0 Å². The van der Waals surface area contributed by atoms with Gasteiger partial charge in [-0.1, -0.05) is 23.8 Å². The van der Waals surface area contributed by atoms with Crippen molar-refractivity contribution in [3.05, 3.63) is 47.7 Å². The van der Waals surface area contributed by atoms with E-state index in [2.05, 4.69) is 30.1 Å². The van der Waals surface area contributed by atoms with Crippen molar-refractivity contribution in [1.82, 2.24) is 14.5 Å². The zero-order valence-corrected chi connectivity index (χ0v) is 12.2. The minimum Gasteiger partial charge on any atom is -0.308 e. The average Bonchev–Trinajstić information content (AvgIpc) is 2.82. The Balaban J connectivity index is 2.23. The lowest BCUT2D eigenvalue weighted by Gasteiger charge is -2.07. The van der Waals surface area contributed by atoms with Crippen molar-refractivity contribution in [3.8, 4) is 17.5 Å². The molecule has 3 rings (SSSR count). The Hall–Kier alpha value is -2.67. The third-order valence-electron chi connectivity index (χ3n) is 3.45. The molecule has 0 saturated heterocycles. The smallest absolute Gasteiger partial charge is 0.160 e. The maximum Gasteiger partial charge on any atom is 0.160 e. The molecule has 0 saturated carbocycles. The Morgan fingerprint density at radius 3 is 2.81 bits per heavy atom. The molecule has 21 heavy (non-hydrogen) atoms. The molecule has 0 N–H and O–H groups in total. The van der Waals surface area contributed by atoms with E-state index in [-0.39, 0.29) is 0 Å². The molecule has 0 atom stereocenters. The van der Waals surface area contributed by atoms with Crippen molar-refractivity contribution in [2.75, 3.05) is 0 Å². The summed E-state index contributed by atoms with van der Waals surface area (Å²) in [6.45, 7) is 4.67. The molecule has 104 valence electrons. The molecule has 2 aromatic heterocycles. The number of fused-ring (bicyclic) bond motifs is 1. The molecule has 4 heteroatoms. The van der Waals surface area contributed by atoms with Crippen LogP contribution in [0, 0.1) is 25.2 Å². The fourth-order valence-corrected chi connectivity index (χ4v) is 2.49. The number of nitriles is 1. The lowest BCUT2D eigenvalue weighted by atomic mass is 10.1. The first-order valence-electron chi connectivity index (χ1n) is 6.96. The maximum atomic E-state index is 8.88. The van der Waals surface area contributed by atoms with Gasteiger partial charge in [0, 0.05) is 18.3 Å². The van der Waals surface area contributed by atoms with E-state index in [1.165, 1.54) is 5.56 Å². The molecule has 0 unspecified atom stereocenters. The molecule has 0 spiro atoms. The molecule has 4 nitrogen and oxygen atoms in total. The second-order valence-electron chi connectivity index (χ2n) is 5.22. The number of aromatic nitrogens is 3. The van der Waals surface area contributed by atoms with Gasteiger partial charge >= 0.3 is 0 Å². The minimum atomic E-state index is 0.444. The van der Waals surface area contributed by atoms with Gasteiger partial charge in [0.15, 0.2) is 5.65 Å². The molecule has 2 heterocycles. The summed E-state index contributed by atoms with van der Waals surface area (Å²) in [7, 11) is 0. The van der Waals surface area contributed by atoms with Crippen LogP contribution in [-0.2, 0) is 6.54 Å². The minimum absolute atomic E-state index is 0.444. The number of aryl methyl sites for hydroxylation is 3. The van der Waals surface area contributed by atoms with Crippen LogP contribution in [0.5, 0.6) is 0 Å². The van der Waals surface area contributed by atoms with Crippen LogP contribution in [0.4, 0.5) is 0 Å². The Morgan fingerprint density at radius 1 is 1.19 bits per heavy atom. The van der Waals surface area contributed by atoms with Crippen molar-refractivity contribution >= 4 is 11.2 Å². The van der Waals surface area contributed by atoms with E-state index >= 15 is 0 Å². The molecule has 0 aliphatic heterocycles. The zero-order chi connectivity index (χ0) is 14.8. The van der Waals surface area contributed by atoms with Crippen molar-refractivity contribution in [2.24, 2.45) is 0 Å². The van der Waals surface area contributed by atoms with Gasteiger partial charge in [0.1, 0.15) is 11.3 Å². The summed E-state index contributed by atoms with van der Waals surface area (Å²) in [5, 5.41) is 8.88. The highest BCUT2D eigenvalue weighted by Crippen LogP contribution is 2.25. The predicted molar refractivity (Wildman–Crippen MR) is 82.7 cm³/mol. The highest BCUT2D eigenvalue weighted by atomic mass is 15.1. The SMILES string of the molecule is Cc1cccc(-c2nc3cc(C)cnc3n2CCC#N)c1. The summed E-state index contributed by atoms with van der Waals surface area (Å²) in [6, 6.07) is 12.5. The molecule has 0 amide bonds. The van der Waals surface area contributed by atoms with Crippen LogP contribution in [0.15, 0.2) is 36.5 Å². The summed E-state index contributed by atoms with van der Waals surface area (Å²) in [4.78, 5) is 9.22. The highest BCUT2D eigenvalue weighted by Gasteiger charge is 2.13. The van der Waals surface area contributed by atoms with Crippen molar-refractivity contribution in [1.29, 1.82) is 5.26 Å². The summed E-state index contributed by atoms with van der Waals surface area (Å²) in [5.41, 5.74) is 5.05. The number of imidazole rings is 1. The first-order valence-corrected chi connectivity index (χ1v) is 6.96. The Kier molecular flexibility index (Phi) is 3.41. The second kappa shape index (κ2) is 5.37. The van der Waals surface area contributed by atoms with Gasteiger partial charge in [-0.3, -0.25) is 0 Å². The van der Waals surface area contributed by atoms with Crippen LogP contribution >= 0.6 is 0 Å². The van der Waals surface area contributed by atoms with Crippen LogP contribution in [0.1, 0.15) is 17.5 Å². The van der Waals surface area contributed by atoms with Crippen molar-refractivity contribution in [3.63, 3.8) is 0 Å². The van der Waals surface area contributed by atoms with Gasteiger partial charge in [0.05, 0.1) is 12.5 Å². The molecule has 0 bridgehead atoms. The van der Waals surface area contributed by atoms with Gasteiger partial charge in [0.25, 0.3) is 0 Å². The van der Waals surface area contributed by atoms with Crippen LogP contribution in [0.3, 0.4) is 0 Å². The van der Waals surface area contributed by atoms with Gasteiger partial charge in [-0.05, 0) is 31.5 Å². The van der Waals surface area contributed by atoms with Gasteiger partial charge in [-0.25, -0.2) is 9.97 Å². The predicted octanol–water partition coefficient (Wildman–Crippen LogP) is 3.63. The maximum absolute atomic E-state index is 8.88. The molecule has 0 radical (unpaired) electrons. The Morgan fingerprint density at radius 2 is 2.05 bits per heavy atom. The topological polar surface area (TPSA) is 54.5 Å². The number of nitrogens with zero attached hydrogens (tertiary/aromatic N) is 4. The zero-order valence-electron chi connectivity index (χ0n) is 12.2. The van der Waals surface area contributed by atoms with Gasteiger partial charge in [0.2, 0.25) is 0 Å². The number of hydrogen-bond acceptors (Lipinski definition) is 3. The molecule has 1 aromatic carbocycles. The van der Waals surface area contributed by atoms with Crippen LogP contribution < -0.4 is 0 Å². The first-order chi connectivity index (χ1) is 10.2. The molecule has 0 fully saturated rings. The summed E-state index contributed by atoms with van der Waals surface area (Å²) in [6.07, 6.45) is 2.28. The lowest BCUT2D eigenvalue weighted by molar-refractivity contribution is 0.737. The standard InChI is InChI=1S/C17H16N4/c1-12-5-3-6-14(9-12)16-20-15-10-13(2)11-19-17(15)21(16)8-4-7-18/h3,5-6,9-11H,4,8H2,1-2H3. The number of hydrogen-bond donors (Lipinski definition) is 0. The van der Waals surface area contributed by atoms with Gasteiger partial charge in [-0.15, -0.1) is 0 Å². The molecule has 0 aliphatic rings. The van der Waals surface area contributed by atoms with E-state index in [0.29, 0.717) is 13.0 Å². The fourth-order valence-electron chi connectivity index (χ4n) is 2.49. The monoisotopic (exact) mass is 276 g/mol. The van der Waals surface area contributed by atoms with E-state index < -0.39 is 0 Å². The molecule has 0 aliphatic carbocycles. The fraction of sp³-hybridized carbons (Fsp3) is 0.235. The molecular weight excluding hydrogens is 260 g/mol. The largest absolute Gasteiger partial charge is 0.308 e. The molecular formula is C17H16N4. The van der Waals surface area contributed by atoms with Crippen molar-refractivity contribution < 1.29 is 0 Å². The normalized spacial score (nSPS) is 10.7. The van der Waals surface area contributed by atoms with Crippen LogP contribution in [0.25, 0.3) is 22.6 Å². The molecule has 3 aromatic rings. The van der Waals surface area contributed by atoms with E-state index in [0.717, 1.165) is 28.1 Å². The van der Waals surface area contributed by atoms with E-state index in [4.69, 9.17) is 10.2 Å². The number of pyridine rings is 1. The number of rotatable bonds is 3. The van der Waals surface area contributed by atoms with Gasteiger partial charge < -0.3 is 4.57 Å². The van der Waals surface area contributed by atoms with E-state index in [9.17, 15) is 0 Å². The average molecular weight is 276 g/mol. The quantitative estimate of drug-likeness (QED) is 0.734. The van der Waals surface area contributed by atoms with Crippen LogP contribution in [-0.4, -0.2) is 14.5 Å². The van der Waals surface area contributed by atoms with Gasteiger partial charge in [-0.2, -0.15) is 5.26 Å². The Bertz CT molecular complexity index is 840. The summed E-state index contributed by atoms with van der Waals surface area (Å²) < 4.78 is 2.03. The summed E-state index contributed by atoms with van der Waals surface area (Å²) >= 11 is 0. The van der Waals surface area contributed by atoms with Crippen molar-refractivity contribution in [2.45, 2.75) is 26.8 Å². The highest BCUT2D eigenvalue weighted by molar-refractivity contribution is 5.77. The third-order valence-corrected chi connectivity index (χ3v) is 3.45. The lowest BCUT2D eigenvalue weighted by Crippen LogP contribution is -2.01. The van der Waals surface area contributed by atoms with E-state index in [1.807, 2.05) is 35.9 Å². The third kappa shape index (κ3) is 2.50. The number of benzene rings is 1. The second-order valence-corrected chi connectivity index (χ2v) is 5.22. The first kappa shape index (κ1) is 13.3. The summed E-state index contributed by atoms with van der Waals surface area (Å²) in [5.74, 6) is 0.877. The van der Waals surface area contributed by atoms with Crippen LogP contribution in [0.2, 0.25) is 0 Å². The Labute approximate surface area is 123 Å².